The van der Waals surface area contributed by atoms with Crippen molar-refractivity contribution in [1.29, 1.82) is 0 Å². The number of benzene rings is 1. The zero-order valence-electron chi connectivity index (χ0n) is 16.0. The van der Waals surface area contributed by atoms with Crippen LogP contribution in [0.25, 0.3) is 0 Å². The molecule has 4 rings (SSSR count). The van der Waals surface area contributed by atoms with Crippen LogP contribution >= 0.6 is 35.0 Å². The molecule has 160 valence electrons. The van der Waals surface area contributed by atoms with Crippen LogP contribution in [-0.2, 0) is 10.0 Å². The van der Waals surface area contributed by atoms with Gasteiger partial charge in [-0.2, -0.15) is 11.8 Å². The number of carbonyl (C=O) groups excluding carboxylic acids is 1. The molecule has 2 fully saturated rings. The van der Waals surface area contributed by atoms with E-state index < -0.39 is 15.9 Å². The molecule has 7 nitrogen and oxygen atoms in total. The SMILES string of the molecule is O=C(Nc1cc(Cl)cc(N2CCSCC2)c1)c1cc(N2CCCS2(=O)=O)ncc1Cl. The van der Waals surface area contributed by atoms with Gasteiger partial charge in [-0.05, 0) is 30.7 Å². The zero-order valence-corrected chi connectivity index (χ0v) is 19.1. The fourth-order valence-corrected chi connectivity index (χ4v) is 6.31. The minimum absolute atomic E-state index is 0.0686. The third kappa shape index (κ3) is 4.64. The largest absolute Gasteiger partial charge is 0.370 e. The van der Waals surface area contributed by atoms with E-state index >= 15 is 0 Å². The minimum Gasteiger partial charge on any atom is -0.370 e. The third-order valence-electron chi connectivity index (χ3n) is 4.96. The molecule has 0 unspecified atom stereocenters. The van der Waals surface area contributed by atoms with Crippen LogP contribution in [0.4, 0.5) is 17.2 Å². The van der Waals surface area contributed by atoms with E-state index in [2.05, 4.69) is 15.2 Å². The first-order valence-corrected chi connectivity index (χ1v) is 13.0. The lowest BCUT2D eigenvalue weighted by molar-refractivity contribution is 0.102. The van der Waals surface area contributed by atoms with Gasteiger partial charge in [0.2, 0.25) is 10.0 Å². The van der Waals surface area contributed by atoms with Gasteiger partial charge in [0.1, 0.15) is 5.82 Å². The molecule has 2 aliphatic heterocycles. The Morgan fingerprint density at radius 2 is 1.87 bits per heavy atom. The lowest BCUT2D eigenvalue weighted by Gasteiger charge is -2.29. The molecule has 0 radical (unpaired) electrons. The van der Waals surface area contributed by atoms with E-state index in [4.69, 9.17) is 23.2 Å². The fraction of sp³-hybridized carbons (Fsp3) is 0.368. The Balaban J connectivity index is 1.58. The van der Waals surface area contributed by atoms with Crippen LogP contribution in [0.1, 0.15) is 16.8 Å². The van der Waals surface area contributed by atoms with Gasteiger partial charge in [0.25, 0.3) is 5.91 Å². The van der Waals surface area contributed by atoms with Crippen LogP contribution in [0.2, 0.25) is 10.0 Å². The van der Waals surface area contributed by atoms with Crippen LogP contribution in [0.5, 0.6) is 0 Å². The van der Waals surface area contributed by atoms with Gasteiger partial charge >= 0.3 is 0 Å². The Bertz CT molecular complexity index is 1080. The summed E-state index contributed by atoms with van der Waals surface area (Å²) >= 11 is 14.4. The molecular weight excluding hydrogens is 467 g/mol. The van der Waals surface area contributed by atoms with E-state index in [-0.39, 0.29) is 22.2 Å². The molecule has 1 N–H and O–H groups in total. The summed E-state index contributed by atoms with van der Waals surface area (Å²) in [5, 5.41) is 3.48. The van der Waals surface area contributed by atoms with Gasteiger partial charge in [-0.15, -0.1) is 0 Å². The van der Waals surface area contributed by atoms with E-state index in [0.29, 0.717) is 23.7 Å². The molecule has 0 spiro atoms. The van der Waals surface area contributed by atoms with Crippen molar-refractivity contribution in [3.63, 3.8) is 0 Å². The lowest BCUT2D eigenvalue weighted by atomic mass is 10.2. The van der Waals surface area contributed by atoms with Crippen LogP contribution in [0.15, 0.2) is 30.5 Å². The van der Waals surface area contributed by atoms with E-state index in [1.165, 1.54) is 16.6 Å². The van der Waals surface area contributed by atoms with Crippen molar-refractivity contribution in [3.05, 3.63) is 46.1 Å². The molecule has 2 aromatic rings. The van der Waals surface area contributed by atoms with E-state index in [1.54, 1.807) is 6.07 Å². The molecule has 0 bridgehead atoms. The number of carbonyl (C=O) groups is 1. The number of thioether (sulfide) groups is 1. The number of nitrogens with one attached hydrogen (secondary N) is 1. The molecule has 0 atom stereocenters. The number of anilines is 3. The highest BCUT2D eigenvalue weighted by Crippen LogP contribution is 2.29. The topological polar surface area (TPSA) is 82.6 Å². The van der Waals surface area contributed by atoms with Gasteiger partial charge in [0.15, 0.2) is 0 Å². The van der Waals surface area contributed by atoms with Gasteiger partial charge in [0, 0.05) is 53.7 Å². The van der Waals surface area contributed by atoms with E-state index in [1.807, 2.05) is 23.9 Å². The highest BCUT2D eigenvalue weighted by atomic mass is 35.5. The van der Waals surface area contributed by atoms with Crippen LogP contribution < -0.4 is 14.5 Å². The monoisotopic (exact) mass is 486 g/mol. The van der Waals surface area contributed by atoms with Crippen LogP contribution in [-0.4, -0.2) is 56.2 Å². The molecule has 2 saturated heterocycles. The second kappa shape index (κ2) is 8.82. The van der Waals surface area contributed by atoms with Gasteiger partial charge < -0.3 is 10.2 Å². The summed E-state index contributed by atoms with van der Waals surface area (Å²) in [7, 11) is -3.41. The number of amides is 1. The molecule has 2 aliphatic rings. The summed E-state index contributed by atoms with van der Waals surface area (Å²) in [6.07, 6.45) is 1.82. The zero-order chi connectivity index (χ0) is 21.3. The Labute approximate surface area is 189 Å². The van der Waals surface area contributed by atoms with E-state index in [9.17, 15) is 13.2 Å². The third-order valence-corrected chi connectivity index (χ3v) is 8.26. The van der Waals surface area contributed by atoms with Crippen molar-refractivity contribution >= 4 is 68.1 Å². The number of sulfonamides is 1. The van der Waals surface area contributed by atoms with Crippen molar-refractivity contribution in [2.24, 2.45) is 0 Å². The maximum absolute atomic E-state index is 12.9. The average Bonchev–Trinajstić information content (AvgIpc) is 3.07. The second-order valence-electron chi connectivity index (χ2n) is 7.02. The number of pyridine rings is 1. The Morgan fingerprint density at radius 1 is 1.10 bits per heavy atom. The standard InChI is InChI=1S/C19H20Cl2N4O3S2/c20-13-8-14(10-15(9-13)24-3-5-29-6-4-24)23-19(26)16-11-18(22-12-17(16)21)25-2-1-7-30(25,27)28/h8-12H,1-7H2,(H,23,26). The first kappa shape index (κ1) is 21.5. The number of nitrogens with zero attached hydrogens (tertiary/aromatic N) is 3. The smallest absolute Gasteiger partial charge is 0.257 e. The van der Waals surface area contributed by atoms with Crippen LogP contribution in [0.3, 0.4) is 0 Å². The summed E-state index contributed by atoms with van der Waals surface area (Å²) < 4.78 is 25.6. The number of hydrogen-bond acceptors (Lipinski definition) is 6. The van der Waals surface area contributed by atoms with Crippen molar-refractivity contribution in [2.45, 2.75) is 6.42 Å². The quantitative estimate of drug-likeness (QED) is 0.708. The number of rotatable bonds is 4. The summed E-state index contributed by atoms with van der Waals surface area (Å²) in [4.78, 5) is 19.2. The molecule has 0 aliphatic carbocycles. The van der Waals surface area contributed by atoms with E-state index in [0.717, 1.165) is 30.3 Å². The van der Waals surface area contributed by atoms with Crippen molar-refractivity contribution in [3.8, 4) is 0 Å². The fourth-order valence-electron chi connectivity index (χ4n) is 3.48. The lowest BCUT2D eigenvalue weighted by Crippen LogP contribution is -2.32. The van der Waals surface area contributed by atoms with Crippen molar-refractivity contribution in [1.82, 2.24) is 4.98 Å². The molecule has 11 heteroatoms. The van der Waals surface area contributed by atoms with Gasteiger partial charge in [0.05, 0.1) is 16.3 Å². The van der Waals surface area contributed by atoms with Crippen molar-refractivity contribution < 1.29 is 13.2 Å². The Hall–Kier alpha value is -1.68. The second-order valence-corrected chi connectivity index (χ2v) is 11.1. The summed E-state index contributed by atoms with van der Waals surface area (Å²) in [6, 6.07) is 6.83. The van der Waals surface area contributed by atoms with Gasteiger partial charge in [-0.25, -0.2) is 13.4 Å². The molecule has 30 heavy (non-hydrogen) atoms. The van der Waals surface area contributed by atoms with Crippen LogP contribution in [0, 0.1) is 0 Å². The minimum atomic E-state index is -3.41. The maximum Gasteiger partial charge on any atom is 0.257 e. The van der Waals surface area contributed by atoms with Gasteiger partial charge in [-0.1, -0.05) is 23.2 Å². The molecular formula is C19H20Cl2N4O3S2. The molecule has 0 saturated carbocycles. The normalized spacial score (nSPS) is 18.5. The number of halogens is 2. The number of hydrogen-bond donors (Lipinski definition) is 1. The summed E-state index contributed by atoms with van der Waals surface area (Å²) in [5.74, 6) is 1.90. The van der Waals surface area contributed by atoms with Crippen molar-refractivity contribution in [2.75, 3.05) is 51.4 Å². The Morgan fingerprint density at radius 3 is 2.57 bits per heavy atom. The summed E-state index contributed by atoms with van der Waals surface area (Å²) in [5.41, 5.74) is 1.64. The van der Waals surface area contributed by atoms with Gasteiger partial charge in [-0.3, -0.25) is 9.10 Å². The highest BCUT2D eigenvalue weighted by molar-refractivity contribution is 7.99. The predicted octanol–water partition coefficient (Wildman–Crippen LogP) is 3.73. The molecule has 3 heterocycles. The predicted molar refractivity (Wildman–Crippen MR) is 124 cm³/mol. The Kier molecular flexibility index (Phi) is 6.34. The molecule has 1 aromatic heterocycles. The first-order valence-electron chi connectivity index (χ1n) is 9.44. The molecule has 1 amide bonds. The first-order chi connectivity index (χ1) is 14.3. The highest BCUT2D eigenvalue weighted by Gasteiger charge is 2.30. The maximum atomic E-state index is 12.9. The molecule has 1 aromatic carbocycles. The number of aromatic nitrogens is 1. The summed E-state index contributed by atoms with van der Waals surface area (Å²) in [6.45, 7) is 2.17. The average molecular weight is 487 g/mol.